The fourth-order valence-electron chi connectivity index (χ4n) is 2.66. The molecule has 136 valence electrons. The number of carbonyl (C=O) groups is 1. The average molecular weight is 362 g/mol. The molecule has 0 spiro atoms. The van der Waals surface area contributed by atoms with Gasteiger partial charge >= 0.3 is 6.18 Å². The lowest BCUT2D eigenvalue weighted by Crippen LogP contribution is -2.31. The Kier molecular flexibility index (Phi) is 4.88. The van der Waals surface area contributed by atoms with Gasteiger partial charge in [0.1, 0.15) is 5.76 Å². The van der Waals surface area contributed by atoms with Gasteiger partial charge in [-0.3, -0.25) is 4.79 Å². The number of hydrogen-bond acceptors (Lipinski definition) is 2. The van der Waals surface area contributed by atoms with Gasteiger partial charge in [0.05, 0.1) is 24.9 Å². The second-order valence-corrected chi connectivity index (χ2v) is 5.93. The third-order valence-corrected chi connectivity index (χ3v) is 4.06. The van der Waals surface area contributed by atoms with Crippen LogP contribution in [0.25, 0.3) is 0 Å². The number of halogens is 3. The van der Waals surface area contributed by atoms with Crippen LogP contribution in [0.1, 0.15) is 27.4 Å². The number of rotatable bonds is 5. The summed E-state index contributed by atoms with van der Waals surface area (Å²) in [6.45, 7) is 0.409. The molecule has 0 aliphatic carbocycles. The summed E-state index contributed by atoms with van der Waals surface area (Å²) >= 11 is 0. The molecule has 0 aliphatic heterocycles. The highest BCUT2D eigenvalue weighted by molar-refractivity contribution is 5.94. The van der Waals surface area contributed by atoms with Crippen molar-refractivity contribution in [2.75, 3.05) is 0 Å². The number of aryl methyl sites for hydroxylation is 1. The van der Waals surface area contributed by atoms with Crippen molar-refractivity contribution in [2.24, 2.45) is 7.05 Å². The van der Waals surface area contributed by atoms with Crippen LogP contribution in [0.4, 0.5) is 13.2 Å². The van der Waals surface area contributed by atoms with Gasteiger partial charge in [0.15, 0.2) is 0 Å². The molecule has 0 saturated heterocycles. The van der Waals surface area contributed by atoms with Crippen molar-refractivity contribution in [1.82, 2.24) is 9.47 Å². The van der Waals surface area contributed by atoms with Gasteiger partial charge in [-0.15, -0.1) is 0 Å². The SMILES string of the molecule is Cn1cccc1CN(Cc1ccco1)C(=O)c1cccc(C(F)(F)F)c1. The molecule has 3 rings (SSSR count). The molecule has 0 saturated carbocycles. The fourth-order valence-corrected chi connectivity index (χ4v) is 2.66. The van der Waals surface area contributed by atoms with E-state index in [1.165, 1.54) is 23.3 Å². The third-order valence-electron chi connectivity index (χ3n) is 4.06. The molecule has 2 aromatic heterocycles. The van der Waals surface area contributed by atoms with E-state index in [0.717, 1.165) is 17.8 Å². The zero-order chi connectivity index (χ0) is 18.7. The average Bonchev–Trinajstić information content (AvgIpc) is 3.25. The molecule has 1 amide bonds. The van der Waals surface area contributed by atoms with E-state index in [4.69, 9.17) is 4.42 Å². The minimum atomic E-state index is -4.50. The second kappa shape index (κ2) is 7.11. The van der Waals surface area contributed by atoms with E-state index in [0.29, 0.717) is 5.76 Å². The number of benzene rings is 1. The van der Waals surface area contributed by atoms with E-state index in [-0.39, 0.29) is 18.7 Å². The molecule has 0 bridgehead atoms. The number of furan rings is 1. The van der Waals surface area contributed by atoms with Crippen LogP contribution in [0.15, 0.2) is 65.4 Å². The Balaban J connectivity index is 1.90. The van der Waals surface area contributed by atoms with Crippen LogP contribution in [-0.4, -0.2) is 15.4 Å². The van der Waals surface area contributed by atoms with Crippen LogP contribution in [0.5, 0.6) is 0 Å². The maximum atomic E-state index is 13.0. The summed E-state index contributed by atoms with van der Waals surface area (Å²) in [6.07, 6.45) is -1.17. The summed E-state index contributed by atoms with van der Waals surface area (Å²) in [7, 11) is 1.84. The van der Waals surface area contributed by atoms with Crippen molar-refractivity contribution < 1.29 is 22.4 Å². The minimum absolute atomic E-state index is 0.0133. The van der Waals surface area contributed by atoms with Crippen molar-refractivity contribution >= 4 is 5.91 Å². The molecule has 3 aromatic rings. The predicted octanol–water partition coefficient (Wildman–Crippen LogP) is 4.48. The van der Waals surface area contributed by atoms with Crippen LogP contribution in [0, 0.1) is 0 Å². The molecule has 0 aliphatic rings. The molecule has 7 heteroatoms. The first kappa shape index (κ1) is 17.8. The van der Waals surface area contributed by atoms with Crippen molar-refractivity contribution in [2.45, 2.75) is 19.3 Å². The van der Waals surface area contributed by atoms with Crippen LogP contribution < -0.4 is 0 Å². The Hall–Kier alpha value is -2.96. The quantitative estimate of drug-likeness (QED) is 0.671. The van der Waals surface area contributed by atoms with Crippen LogP contribution in [0.3, 0.4) is 0 Å². The lowest BCUT2D eigenvalue weighted by molar-refractivity contribution is -0.137. The van der Waals surface area contributed by atoms with E-state index < -0.39 is 17.6 Å². The highest BCUT2D eigenvalue weighted by Gasteiger charge is 2.31. The molecular weight excluding hydrogens is 345 g/mol. The highest BCUT2D eigenvalue weighted by atomic mass is 19.4. The Morgan fingerprint density at radius 3 is 2.54 bits per heavy atom. The number of hydrogen-bond donors (Lipinski definition) is 0. The van der Waals surface area contributed by atoms with Gasteiger partial charge in [-0.25, -0.2) is 0 Å². The Morgan fingerprint density at radius 2 is 1.92 bits per heavy atom. The second-order valence-electron chi connectivity index (χ2n) is 5.93. The Morgan fingerprint density at radius 1 is 1.12 bits per heavy atom. The summed E-state index contributed by atoms with van der Waals surface area (Å²) < 4.78 is 46.0. The first-order valence-electron chi connectivity index (χ1n) is 7.94. The molecule has 0 unspecified atom stereocenters. The first-order chi connectivity index (χ1) is 12.3. The number of alkyl halides is 3. The van der Waals surface area contributed by atoms with Crippen molar-refractivity contribution in [3.63, 3.8) is 0 Å². The summed E-state index contributed by atoms with van der Waals surface area (Å²) in [5.41, 5.74) is -0.00219. The minimum Gasteiger partial charge on any atom is -0.467 e. The summed E-state index contributed by atoms with van der Waals surface area (Å²) in [5.74, 6) is 0.0632. The molecule has 26 heavy (non-hydrogen) atoms. The van der Waals surface area contributed by atoms with E-state index in [1.807, 2.05) is 29.9 Å². The lowest BCUT2D eigenvalue weighted by Gasteiger charge is -2.22. The van der Waals surface area contributed by atoms with E-state index in [1.54, 1.807) is 12.1 Å². The van der Waals surface area contributed by atoms with Gasteiger partial charge < -0.3 is 13.9 Å². The molecule has 1 aromatic carbocycles. The largest absolute Gasteiger partial charge is 0.467 e. The summed E-state index contributed by atoms with van der Waals surface area (Å²) in [4.78, 5) is 14.4. The van der Waals surface area contributed by atoms with Gasteiger partial charge in [0.25, 0.3) is 5.91 Å². The number of amides is 1. The van der Waals surface area contributed by atoms with Crippen molar-refractivity contribution in [3.8, 4) is 0 Å². The standard InChI is InChI=1S/C19H17F3N2O2/c1-23-9-3-7-16(23)12-24(13-17-8-4-10-26-17)18(25)14-5-2-6-15(11-14)19(20,21)22/h2-11H,12-13H2,1H3. The zero-order valence-electron chi connectivity index (χ0n) is 14.0. The Bertz CT molecular complexity index is 882. The molecule has 4 nitrogen and oxygen atoms in total. The van der Waals surface area contributed by atoms with Crippen molar-refractivity contribution in [1.29, 1.82) is 0 Å². The fraction of sp³-hybridized carbons (Fsp3) is 0.211. The lowest BCUT2D eigenvalue weighted by atomic mass is 10.1. The number of nitrogens with zero attached hydrogens (tertiary/aromatic N) is 2. The monoisotopic (exact) mass is 362 g/mol. The number of aromatic nitrogens is 1. The number of carbonyl (C=O) groups excluding carboxylic acids is 1. The van der Waals surface area contributed by atoms with Crippen LogP contribution >= 0.6 is 0 Å². The van der Waals surface area contributed by atoms with Crippen LogP contribution in [-0.2, 0) is 26.3 Å². The molecule has 0 fully saturated rings. The van der Waals surface area contributed by atoms with Gasteiger partial charge in [-0.2, -0.15) is 13.2 Å². The predicted molar refractivity (Wildman–Crippen MR) is 89.1 cm³/mol. The van der Waals surface area contributed by atoms with Gasteiger partial charge in [0.2, 0.25) is 0 Å². The molecule has 0 N–H and O–H groups in total. The van der Waals surface area contributed by atoms with Gasteiger partial charge in [-0.1, -0.05) is 6.07 Å². The zero-order valence-corrected chi connectivity index (χ0v) is 14.0. The topological polar surface area (TPSA) is 38.4 Å². The normalized spacial score (nSPS) is 11.5. The maximum Gasteiger partial charge on any atom is 0.416 e. The molecule has 0 radical (unpaired) electrons. The van der Waals surface area contributed by atoms with Gasteiger partial charge in [0, 0.05) is 24.5 Å². The highest BCUT2D eigenvalue weighted by Crippen LogP contribution is 2.30. The van der Waals surface area contributed by atoms with Crippen molar-refractivity contribution in [3.05, 3.63) is 83.6 Å². The smallest absolute Gasteiger partial charge is 0.416 e. The van der Waals surface area contributed by atoms with E-state index >= 15 is 0 Å². The van der Waals surface area contributed by atoms with E-state index in [2.05, 4.69) is 0 Å². The Labute approximate surface area is 148 Å². The third kappa shape index (κ3) is 3.99. The van der Waals surface area contributed by atoms with Gasteiger partial charge in [-0.05, 0) is 42.5 Å². The summed E-state index contributed by atoms with van der Waals surface area (Å²) in [5, 5.41) is 0. The molecule has 2 heterocycles. The maximum absolute atomic E-state index is 13.0. The van der Waals surface area contributed by atoms with E-state index in [9.17, 15) is 18.0 Å². The molecular formula is C19H17F3N2O2. The van der Waals surface area contributed by atoms with Crippen LogP contribution in [0.2, 0.25) is 0 Å². The first-order valence-corrected chi connectivity index (χ1v) is 7.94. The summed E-state index contributed by atoms with van der Waals surface area (Å²) in [6, 6.07) is 11.6. The molecule has 0 atom stereocenters.